The van der Waals surface area contributed by atoms with E-state index in [1.54, 1.807) is 0 Å². The highest BCUT2D eigenvalue weighted by Crippen LogP contribution is 2.39. The fourth-order valence-electron chi connectivity index (χ4n) is 7.21. The average Bonchev–Trinajstić information content (AvgIpc) is 2.97. The van der Waals surface area contributed by atoms with Crippen LogP contribution in [0.4, 0.5) is 0 Å². The Hall–Kier alpha value is -2.72. The molecule has 1 aliphatic rings. The van der Waals surface area contributed by atoms with Gasteiger partial charge in [-0.15, -0.1) is 0 Å². The Morgan fingerprint density at radius 1 is 0.404 bits per heavy atom. The van der Waals surface area contributed by atoms with Crippen molar-refractivity contribution in [3.63, 3.8) is 0 Å². The standard InChI is InChI=1S/C46H54I2O4/c1-43(2,3)33-17-25-13-29-21-35(45(7,8)9)23-31(39(29)47)15-27-19-34(44(4,5)6)20-28(38(27)42(51)52)16-32-24-36(46(10,11)12)22-30(40(32)48)14-26(18-33)37(25)41(49)50/h17-24H,13-16H2,1-12H3,(H,49,50)(H,51,52). The maximum Gasteiger partial charge on any atom is 0.336 e. The van der Waals surface area contributed by atoms with Crippen LogP contribution in [-0.4, -0.2) is 22.2 Å². The molecule has 0 aromatic heterocycles. The molecule has 4 nitrogen and oxygen atoms in total. The van der Waals surface area contributed by atoms with Gasteiger partial charge in [-0.1, -0.05) is 132 Å². The van der Waals surface area contributed by atoms with Crippen LogP contribution in [0, 0.1) is 7.14 Å². The highest BCUT2D eigenvalue weighted by molar-refractivity contribution is 14.1. The van der Waals surface area contributed by atoms with Gasteiger partial charge in [0.15, 0.2) is 0 Å². The fourth-order valence-corrected chi connectivity index (χ4v) is 8.60. The first-order chi connectivity index (χ1) is 23.8. The molecule has 0 spiro atoms. The number of hydrogen-bond acceptors (Lipinski definition) is 2. The molecule has 4 aromatic carbocycles. The maximum absolute atomic E-state index is 13.4. The topological polar surface area (TPSA) is 74.6 Å². The summed E-state index contributed by atoms with van der Waals surface area (Å²) in [7, 11) is 0. The van der Waals surface area contributed by atoms with Gasteiger partial charge < -0.3 is 10.2 Å². The van der Waals surface area contributed by atoms with E-state index >= 15 is 0 Å². The molecule has 0 atom stereocenters. The smallest absolute Gasteiger partial charge is 0.336 e. The molecule has 2 N–H and O–H groups in total. The summed E-state index contributed by atoms with van der Waals surface area (Å²) in [6.45, 7) is 26.3. The largest absolute Gasteiger partial charge is 0.478 e. The molecule has 0 fully saturated rings. The molecule has 52 heavy (non-hydrogen) atoms. The summed E-state index contributed by atoms with van der Waals surface area (Å²) in [5.41, 5.74) is 12.0. The lowest BCUT2D eigenvalue weighted by atomic mass is 9.78. The second-order valence-electron chi connectivity index (χ2n) is 18.9. The zero-order valence-corrected chi connectivity index (χ0v) is 37.2. The number of hydrogen-bond donors (Lipinski definition) is 2. The maximum atomic E-state index is 13.4. The van der Waals surface area contributed by atoms with Gasteiger partial charge in [0.05, 0.1) is 11.1 Å². The van der Waals surface area contributed by atoms with Crippen molar-refractivity contribution in [2.75, 3.05) is 0 Å². The molecule has 1 aliphatic carbocycles. The van der Waals surface area contributed by atoms with E-state index < -0.39 is 11.9 Å². The molecule has 276 valence electrons. The third kappa shape index (κ3) is 8.48. The van der Waals surface area contributed by atoms with Gasteiger partial charge in [0.1, 0.15) is 0 Å². The number of rotatable bonds is 2. The number of benzene rings is 4. The van der Waals surface area contributed by atoms with E-state index in [2.05, 4.69) is 177 Å². The summed E-state index contributed by atoms with van der Waals surface area (Å²) < 4.78 is 2.09. The van der Waals surface area contributed by atoms with Crippen molar-refractivity contribution in [1.29, 1.82) is 0 Å². The van der Waals surface area contributed by atoms with Crippen LogP contribution in [0.15, 0.2) is 48.5 Å². The SMILES string of the molecule is CC(C)(C)c1cc2c(I)c(c1)Cc1cc(C(C)(C)C)cc(c1C(=O)O)Cc1cc(C(C)(C)C)cc(c1I)Cc1cc(C(C)(C)C)cc(c1C(=O)O)C2. The first kappa shape index (κ1) is 40.5. The molecule has 0 amide bonds. The molecule has 0 heterocycles. The predicted octanol–water partition coefficient (Wildman–Crippen LogP) is 12.2. The van der Waals surface area contributed by atoms with E-state index in [4.69, 9.17) is 0 Å². The van der Waals surface area contributed by atoms with Crippen molar-refractivity contribution >= 4 is 57.1 Å². The average molecular weight is 925 g/mol. The van der Waals surface area contributed by atoms with Gasteiger partial charge in [-0.2, -0.15) is 0 Å². The van der Waals surface area contributed by atoms with Crippen LogP contribution < -0.4 is 0 Å². The first-order valence-electron chi connectivity index (χ1n) is 18.2. The molecule has 0 radical (unpaired) electrons. The summed E-state index contributed by atoms with van der Waals surface area (Å²) in [4.78, 5) is 26.7. The van der Waals surface area contributed by atoms with Crippen molar-refractivity contribution in [3.05, 3.63) is 134 Å². The Bertz CT molecular complexity index is 1850. The van der Waals surface area contributed by atoms with E-state index in [0.29, 0.717) is 36.8 Å². The van der Waals surface area contributed by atoms with Crippen molar-refractivity contribution < 1.29 is 19.8 Å². The minimum absolute atomic E-state index is 0.180. The lowest BCUT2D eigenvalue weighted by Crippen LogP contribution is -2.19. The monoisotopic (exact) mass is 924 g/mol. The lowest BCUT2D eigenvalue weighted by molar-refractivity contribution is 0.0683. The quantitative estimate of drug-likeness (QED) is 0.173. The minimum Gasteiger partial charge on any atom is -0.478 e. The van der Waals surface area contributed by atoms with Gasteiger partial charge in [0, 0.05) is 7.14 Å². The third-order valence-electron chi connectivity index (χ3n) is 10.5. The second kappa shape index (κ2) is 14.2. The summed E-state index contributed by atoms with van der Waals surface area (Å²) in [5.74, 6) is -1.82. The fraction of sp³-hybridized carbons (Fsp3) is 0.435. The van der Waals surface area contributed by atoms with E-state index in [0.717, 1.165) is 73.9 Å². The van der Waals surface area contributed by atoms with E-state index in [-0.39, 0.29) is 21.7 Å². The van der Waals surface area contributed by atoms with Gasteiger partial charge in [0.25, 0.3) is 0 Å². The van der Waals surface area contributed by atoms with Crippen LogP contribution in [0.5, 0.6) is 0 Å². The molecule has 4 aromatic rings. The van der Waals surface area contributed by atoms with Crippen LogP contribution in [0.25, 0.3) is 0 Å². The van der Waals surface area contributed by atoms with Crippen molar-refractivity contribution in [2.24, 2.45) is 0 Å². The van der Waals surface area contributed by atoms with E-state index in [1.165, 1.54) is 0 Å². The molecular weight excluding hydrogens is 870 g/mol. The minimum atomic E-state index is -0.910. The predicted molar refractivity (Wildman–Crippen MR) is 231 cm³/mol. The molecule has 0 saturated heterocycles. The molecule has 0 unspecified atom stereocenters. The number of carbonyl (C=O) groups is 2. The summed E-state index contributed by atoms with van der Waals surface area (Å²) >= 11 is 4.83. The third-order valence-corrected chi connectivity index (χ3v) is 13.2. The summed E-state index contributed by atoms with van der Waals surface area (Å²) in [6.07, 6.45) is 1.82. The molecular formula is C46H54I2O4. The summed E-state index contributed by atoms with van der Waals surface area (Å²) in [6, 6.07) is 17.4. The zero-order valence-electron chi connectivity index (χ0n) is 32.9. The van der Waals surface area contributed by atoms with Gasteiger partial charge in [-0.05, 0) is 159 Å². The normalized spacial score (nSPS) is 14.0. The van der Waals surface area contributed by atoms with Crippen LogP contribution in [-0.2, 0) is 47.3 Å². The van der Waals surface area contributed by atoms with Gasteiger partial charge in [0.2, 0.25) is 0 Å². The van der Waals surface area contributed by atoms with E-state index in [9.17, 15) is 19.8 Å². The Labute approximate surface area is 338 Å². The lowest BCUT2D eigenvalue weighted by Gasteiger charge is -2.27. The number of fused-ring (bicyclic) bond motifs is 8. The van der Waals surface area contributed by atoms with Gasteiger partial charge in [-0.3, -0.25) is 0 Å². The highest BCUT2D eigenvalue weighted by atomic mass is 127. The number of carboxylic acid groups (broad SMARTS) is 2. The van der Waals surface area contributed by atoms with Gasteiger partial charge >= 0.3 is 11.9 Å². The van der Waals surface area contributed by atoms with Gasteiger partial charge in [-0.25, -0.2) is 9.59 Å². The Balaban J connectivity index is 1.98. The van der Waals surface area contributed by atoms with Crippen molar-refractivity contribution in [1.82, 2.24) is 0 Å². The Morgan fingerprint density at radius 3 is 0.731 bits per heavy atom. The van der Waals surface area contributed by atoms with E-state index in [1.807, 2.05) is 0 Å². The number of halogens is 2. The highest BCUT2D eigenvalue weighted by Gasteiger charge is 2.29. The molecule has 6 heteroatoms. The van der Waals surface area contributed by atoms with Crippen LogP contribution >= 0.6 is 45.2 Å². The molecule has 8 bridgehead atoms. The number of carboxylic acids is 2. The van der Waals surface area contributed by atoms with Crippen LogP contribution in [0.1, 0.15) is 171 Å². The van der Waals surface area contributed by atoms with Crippen LogP contribution in [0.2, 0.25) is 0 Å². The zero-order chi connectivity index (χ0) is 38.9. The van der Waals surface area contributed by atoms with Crippen LogP contribution in [0.3, 0.4) is 0 Å². The molecule has 0 aliphatic heterocycles. The first-order valence-corrected chi connectivity index (χ1v) is 20.3. The Kier molecular flexibility index (Phi) is 11.0. The molecule has 0 saturated carbocycles. The Morgan fingerprint density at radius 2 is 0.577 bits per heavy atom. The van der Waals surface area contributed by atoms with Crippen molar-refractivity contribution in [3.8, 4) is 0 Å². The second-order valence-corrected chi connectivity index (χ2v) is 21.0. The number of aromatic carboxylic acids is 2. The van der Waals surface area contributed by atoms with Crippen molar-refractivity contribution in [2.45, 2.75) is 130 Å². The molecule has 5 rings (SSSR count). The summed E-state index contributed by atoms with van der Waals surface area (Å²) in [5, 5.41) is 21.9.